The Morgan fingerprint density at radius 2 is 1.93 bits per heavy atom. The Kier molecular flexibility index (Phi) is 8.35. The van der Waals surface area contributed by atoms with E-state index in [1.165, 1.54) is 24.8 Å². The Hall–Kier alpha value is -0.900. The van der Waals surface area contributed by atoms with Crippen LogP contribution in [0.3, 0.4) is 0 Å². The topological polar surface area (TPSA) is 60.7 Å². The van der Waals surface area contributed by atoms with Gasteiger partial charge in [-0.15, -0.1) is 0 Å². The first kappa shape index (κ1) is 24.4. The lowest BCUT2D eigenvalue weighted by molar-refractivity contribution is 0.0610. The molecule has 0 aromatic rings. The van der Waals surface area contributed by atoms with E-state index >= 15 is 0 Å². The lowest BCUT2D eigenvalue weighted by atomic mass is 9.62. The summed E-state index contributed by atoms with van der Waals surface area (Å²) in [5, 5.41) is 30.0. The Labute approximate surface area is 178 Å². The van der Waals surface area contributed by atoms with Crippen molar-refractivity contribution in [1.29, 1.82) is 0 Å². The molecule has 0 amide bonds. The van der Waals surface area contributed by atoms with E-state index in [0.29, 0.717) is 30.1 Å². The molecule has 2 aliphatic rings. The number of hydrogen-bond acceptors (Lipinski definition) is 3. The maximum atomic E-state index is 10.1. The Balaban J connectivity index is 2.01. The Bertz CT molecular complexity index is 624. The zero-order valence-corrected chi connectivity index (χ0v) is 19.4. The molecule has 5 atom stereocenters. The van der Waals surface area contributed by atoms with Gasteiger partial charge in [0.05, 0.1) is 17.8 Å². The van der Waals surface area contributed by atoms with E-state index in [2.05, 4.69) is 39.5 Å². The molecule has 0 spiro atoms. The molecule has 0 aromatic heterocycles. The van der Waals surface area contributed by atoms with Crippen LogP contribution in [0.25, 0.3) is 0 Å². The summed E-state index contributed by atoms with van der Waals surface area (Å²) in [6, 6.07) is 0. The van der Waals surface area contributed by atoms with Gasteiger partial charge in [0.15, 0.2) is 0 Å². The second-order valence-corrected chi connectivity index (χ2v) is 10.8. The Morgan fingerprint density at radius 1 is 1.24 bits per heavy atom. The molecule has 0 aliphatic heterocycles. The largest absolute Gasteiger partial charge is 0.393 e. The zero-order chi connectivity index (χ0) is 21.8. The maximum absolute atomic E-state index is 10.1. The van der Waals surface area contributed by atoms with E-state index in [4.69, 9.17) is 0 Å². The van der Waals surface area contributed by atoms with Crippen LogP contribution >= 0.6 is 0 Å². The lowest BCUT2D eigenvalue weighted by Gasteiger charge is -2.43. The summed E-state index contributed by atoms with van der Waals surface area (Å²) in [4.78, 5) is 0. The van der Waals surface area contributed by atoms with Gasteiger partial charge in [-0.3, -0.25) is 0 Å². The van der Waals surface area contributed by atoms with Crippen LogP contribution < -0.4 is 0 Å². The highest BCUT2D eigenvalue weighted by molar-refractivity contribution is 5.38. The van der Waals surface area contributed by atoms with Gasteiger partial charge in [-0.25, -0.2) is 0 Å². The zero-order valence-electron chi connectivity index (χ0n) is 19.4. The van der Waals surface area contributed by atoms with Gasteiger partial charge >= 0.3 is 0 Å². The van der Waals surface area contributed by atoms with E-state index in [9.17, 15) is 15.3 Å². The molecule has 3 N–H and O–H groups in total. The van der Waals surface area contributed by atoms with Crippen LogP contribution in [0.2, 0.25) is 0 Å². The minimum absolute atomic E-state index is 0.305. The first-order valence-electron chi connectivity index (χ1n) is 11.6. The summed E-state index contributed by atoms with van der Waals surface area (Å²) >= 11 is 0. The van der Waals surface area contributed by atoms with Crippen LogP contribution in [-0.4, -0.2) is 33.1 Å². The maximum Gasteiger partial charge on any atom is 0.0811 e. The van der Waals surface area contributed by atoms with E-state index in [1.807, 2.05) is 13.8 Å². The van der Waals surface area contributed by atoms with Crippen LogP contribution in [-0.2, 0) is 0 Å². The van der Waals surface area contributed by atoms with Crippen molar-refractivity contribution in [3.63, 3.8) is 0 Å². The molecule has 3 nitrogen and oxygen atoms in total. The molecule has 2 saturated carbocycles. The van der Waals surface area contributed by atoms with Crippen LogP contribution in [0.4, 0.5) is 0 Å². The van der Waals surface area contributed by atoms with E-state index in [-0.39, 0.29) is 0 Å². The third-order valence-electron chi connectivity index (χ3n) is 7.56. The van der Waals surface area contributed by atoms with Gasteiger partial charge in [0.2, 0.25) is 0 Å². The quantitative estimate of drug-likeness (QED) is 0.510. The van der Waals surface area contributed by atoms with Crippen molar-refractivity contribution >= 4 is 0 Å². The number of rotatable bonds is 7. The molecule has 0 heterocycles. The first-order chi connectivity index (χ1) is 13.4. The molecular weight excluding hydrogens is 360 g/mol. The van der Waals surface area contributed by atoms with E-state index in [1.54, 1.807) is 0 Å². The molecule has 2 aliphatic carbocycles. The summed E-state index contributed by atoms with van der Waals surface area (Å²) in [7, 11) is 0. The predicted octanol–water partition coefficient (Wildman–Crippen LogP) is 5.70. The van der Waals surface area contributed by atoms with Crippen molar-refractivity contribution < 1.29 is 15.3 Å². The second kappa shape index (κ2) is 9.94. The second-order valence-electron chi connectivity index (χ2n) is 10.8. The lowest BCUT2D eigenvalue weighted by Crippen LogP contribution is -2.33. The standard InChI is InChI=1S/C26H44O3/c1-18(9-7-13-25(4,5)29)20(3)26(6)14-8-10-21(17-26)11-12-22-15-23(27)16-24(28)19(22)2/h11-12,18,20,23-24,27-29H,2,7-10,13-17H2,1,3-6H3/b21-11+,22-12-/t18-,20+,23+,24-,26-/m0/s1. The molecule has 0 radical (unpaired) electrons. The smallest absolute Gasteiger partial charge is 0.0811 e. The van der Waals surface area contributed by atoms with Crippen molar-refractivity contribution in [2.75, 3.05) is 0 Å². The SMILES string of the molecule is C=C1/C(=C\C=C2/CCC[C@](C)([C@H](C)[C@@H](C)CCCC(C)(C)O)C2)C[C@@H](O)C[C@@H]1O. The highest BCUT2D eigenvalue weighted by atomic mass is 16.3. The summed E-state index contributed by atoms with van der Waals surface area (Å²) in [6.07, 6.45) is 12.1. The molecule has 2 fully saturated rings. The summed E-state index contributed by atoms with van der Waals surface area (Å²) in [5.74, 6) is 1.28. The monoisotopic (exact) mass is 404 g/mol. The first-order valence-corrected chi connectivity index (χ1v) is 11.6. The minimum Gasteiger partial charge on any atom is -0.393 e. The predicted molar refractivity (Wildman–Crippen MR) is 122 cm³/mol. The van der Waals surface area contributed by atoms with E-state index in [0.717, 1.165) is 36.8 Å². The fourth-order valence-corrected chi connectivity index (χ4v) is 5.22. The number of hydrogen-bond donors (Lipinski definition) is 3. The molecule has 0 aromatic carbocycles. The van der Waals surface area contributed by atoms with Gasteiger partial charge in [-0.05, 0) is 80.8 Å². The van der Waals surface area contributed by atoms with E-state index < -0.39 is 17.8 Å². The van der Waals surface area contributed by atoms with Gasteiger partial charge in [-0.2, -0.15) is 0 Å². The van der Waals surface area contributed by atoms with Crippen molar-refractivity contribution in [3.05, 3.63) is 35.5 Å². The van der Waals surface area contributed by atoms with Crippen molar-refractivity contribution in [2.24, 2.45) is 17.3 Å². The molecule has 166 valence electrons. The highest BCUT2D eigenvalue weighted by Crippen LogP contribution is 2.48. The van der Waals surface area contributed by atoms with Gasteiger partial charge in [-0.1, -0.05) is 57.9 Å². The minimum atomic E-state index is -0.621. The van der Waals surface area contributed by atoms with Gasteiger partial charge in [0.25, 0.3) is 0 Å². The van der Waals surface area contributed by atoms with Crippen molar-refractivity contribution in [2.45, 2.75) is 110 Å². The summed E-state index contributed by atoms with van der Waals surface area (Å²) < 4.78 is 0. The molecule has 3 heteroatoms. The Morgan fingerprint density at radius 3 is 2.59 bits per heavy atom. The number of aliphatic hydroxyl groups excluding tert-OH is 2. The van der Waals surface area contributed by atoms with Crippen molar-refractivity contribution in [3.8, 4) is 0 Å². The van der Waals surface area contributed by atoms with Gasteiger partial charge in [0.1, 0.15) is 0 Å². The third-order valence-corrected chi connectivity index (χ3v) is 7.56. The van der Waals surface area contributed by atoms with Crippen LogP contribution in [0.1, 0.15) is 92.4 Å². The average Bonchev–Trinajstić information content (AvgIpc) is 2.61. The molecule has 29 heavy (non-hydrogen) atoms. The van der Waals surface area contributed by atoms with Crippen LogP contribution in [0.5, 0.6) is 0 Å². The third kappa shape index (κ3) is 7.08. The normalized spacial score (nSPS) is 33.9. The van der Waals surface area contributed by atoms with Gasteiger partial charge < -0.3 is 15.3 Å². The molecule has 0 bridgehead atoms. The highest BCUT2D eigenvalue weighted by Gasteiger charge is 2.37. The van der Waals surface area contributed by atoms with Crippen LogP contribution in [0, 0.1) is 17.3 Å². The number of allylic oxidation sites excluding steroid dienone is 3. The van der Waals surface area contributed by atoms with Gasteiger partial charge in [0, 0.05) is 6.42 Å². The summed E-state index contributed by atoms with van der Waals surface area (Å²) in [5.41, 5.74) is 2.97. The van der Waals surface area contributed by atoms with Crippen LogP contribution in [0.15, 0.2) is 35.5 Å². The van der Waals surface area contributed by atoms with Crippen molar-refractivity contribution in [1.82, 2.24) is 0 Å². The molecule has 0 saturated heterocycles. The average molecular weight is 405 g/mol. The summed E-state index contributed by atoms with van der Waals surface area (Å²) in [6.45, 7) is 15.0. The molecular formula is C26H44O3. The number of aliphatic hydroxyl groups is 3. The molecule has 2 rings (SSSR count). The molecule has 0 unspecified atom stereocenters. The fourth-order valence-electron chi connectivity index (χ4n) is 5.22. The fraction of sp³-hybridized carbons (Fsp3) is 0.769.